The van der Waals surface area contributed by atoms with E-state index in [9.17, 15) is 0 Å². The number of rotatable bonds is 4. The summed E-state index contributed by atoms with van der Waals surface area (Å²) in [6.07, 6.45) is 3.80. The normalized spacial score (nSPS) is 10.2. The molecule has 5 heteroatoms. The zero-order chi connectivity index (χ0) is 10.6. The quantitative estimate of drug-likeness (QED) is 0.899. The molecule has 0 aliphatic rings. The van der Waals surface area contributed by atoms with Gasteiger partial charge in [0.15, 0.2) is 0 Å². The fraction of sp³-hybridized carbons (Fsp3) is 0.556. The summed E-state index contributed by atoms with van der Waals surface area (Å²) in [6, 6.07) is 0. The van der Waals surface area contributed by atoms with Gasteiger partial charge in [0.25, 0.3) is 0 Å². The highest BCUT2D eigenvalue weighted by Gasteiger charge is 2.09. The van der Waals surface area contributed by atoms with Crippen LogP contribution in [0.1, 0.15) is 19.8 Å². The van der Waals surface area contributed by atoms with Gasteiger partial charge in [-0.25, -0.2) is 9.97 Å². The van der Waals surface area contributed by atoms with Gasteiger partial charge in [0.2, 0.25) is 0 Å². The highest BCUT2D eigenvalue weighted by Crippen LogP contribution is 2.26. The Kier molecular flexibility index (Phi) is 4.13. The second-order valence-electron chi connectivity index (χ2n) is 3.17. The number of nitrogen functional groups attached to an aromatic ring is 1. The fourth-order valence-electron chi connectivity index (χ4n) is 1.14. The summed E-state index contributed by atoms with van der Waals surface area (Å²) in [5.41, 5.74) is 5.66. The molecule has 0 saturated heterocycles. The van der Waals surface area contributed by atoms with Crippen molar-refractivity contribution in [3.63, 3.8) is 0 Å². The molecule has 0 aliphatic carbocycles. The molecule has 0 atom stereocenters. The Morgan fingerprint density at radius 2 is 2.21 bits per heavy atom. The first-order valence-corrected chi connectivity index (χ1v) is 5.43. The Bertz CT molecular complexity index is 303. The molecule has 0 amide bonds. The molecule has 1 rings (SSSR count). The molecule has 1 aromatic heterocycles. The van der Waals surface area contributed by atoms with E-state index in [1.807, 2.05) is 7.05 Å². The zero-order valence-electron chi connectivity index (χ0n) is 8.50. The van der Waals surface area contributed by atoms with E-state index in [0.717, 1.165) is 23.3 Å². The molecule has 0 aliphatic heterocycles. The number of nitrogens with two attached hydrogens (primary N) is 1. The van der Waals surface area contributed by atoms with Gasteiger partial charge in [-0.2, -0.15) is 0 Å². The summed E-state index contributed by atoms with van der Waals surface area (Å²) in [5, 5.41) is 0. The van der Waals surface area contributed by atoms with Gasteiger partial charge in [0.05, 0.1) is 0 Å². The maximum atomic E-state index is 5.66. The van der Waals surface area contributed by atoms with Gasteiger partial charge in [-0.05, 0) is 22.4 Å². The van der Waals surface area contributed by atoms with Crippen molar-refractivity contribution >= 4 is 27.6 Å². The van der Waals surface area contributed by atoms with Gasteiger partial charge >= 0.3 is 0 Å². The van der Waals surface area contributed by atoms with E-state index in [-0.39, 0.29) is 0 Å². The molecular formula is C9H15BrN4. The van der Waals surface area contributed by atoms with Gasteiger partial charge in [0.1, 0.15) is 22.4 Å². The minimum Gasteiger partial charge on any atom is -0.383 e. The maximum Gasteiger partial charge on any atom is 0.148 e. The predicted molar refractivity (Wildman–Crippen MR) is 62.3 cm³/mol. The Hall–Kier alpha value is -0.840. The van der Waals surface area contributed by atoms with Crippen molar-refractivity contribution in [3.05, 3.63) is 10.8 Å². The Labute approximate surface area is 92.7 Å². The Balaban J connectivity index is 2.79. The maximum absolute atomic E-state index is 5.66. The highest BCUT2D eigenvalue weighted by atomic mass is 79.9. The average Bonchev–Trinajstić information content (AvgIpc) is 2.18. The average molecular weight is 259 g/mol. The van der Waals surface area contributed by atoms with Crippen LogP contribution in [-0.2, 0) is 0 Å². The lowest BCUT2D eigenvalue weighted by atomic mass is 10.3. The fourth-order valence-corrected chi connectivity index (χ4v) is 1.65. The molecule has 0 spiro atoms. The van der Waals surface area contributed by atoms with E-state index in [2.05, 4.69) is 37.7 Å². The van der Waals surface area contributed by atoms with Crippen LogP contribution >= 0.6 is 15.9 Å². The standard InChI is InChI=1S/C9H15BrN4/c1-3-4-5-14(2)9-7(10)8(11)12-6-13-9/h6H,3-5H2,1-2H3,(H2,11,12,13). The molecule has 0 saturated carbocycles. The third-order valence-electron chi connectivity index (χ3n) is 2.01. The lowest BCUT2D eigenvalue weighted by Crippen LogP contribution is -2.20. The zero-order valence-corrected chi connectivity index (χ0v) is 10.1. The van der Waals surface area contributed by atoms with Crippen molar-refractivity contribution in [2.75, 3.05) is 24.2 Å². The first-order valence-electron chi connectivity index (χ1n) is 4.64. The number of halogens is 1. The molecule has 0 radical (unpaired) electrons. The van der Waals surface area contributed by atoms with Crippen LogP contribution in [0.5, 0.6) is 0 Å². The lowest BCUT2D eigenvalue weighted by molar-refractivity contribution is 0.757. The van der Waals surface area contributed by atoms with Crippen LogP contribution in [0.2, 0.25) is 0 Å². The van der Waals surface area contributed by atoms with Gasteiger partial charge in [-0.15, -0.1) is 0 Å². The van der Waals surface area contributed by atoms with Gasteiger partial charge in [-0.3, -0.25) is 0 Å². The molecule has 1 aromatic rings. The molecule has 14 heavy (non-hydrogen) atoms. The molecule has 0 fully saturated rings. The van der Waals surface area contributed by atoms with E-state index in [4.69, 9.17) is 5.73 Å². The van der Waals surface area contributed by atoms with E-state index in [1.165, 1.54) is 12.7 Å². The number of unbranched alkanes of at least 4 members (excludes halogenated alkanes) is 1. The first-order chi connectivity index (χ1) is 6.66. The van der Waals surface area contributed by atoms with Crippen LogP contribution in [0.25, 0.3) is 0 Å². The number of aromatic nitrogens is 2. The Morgan fingerprint density at radius 3 is 2.86 bits per heavy atom. The number of nitrogens with zero attached hydrogens (tertiary/aromatic N) is 3. The smallest absolute Gasteiger partial charge is 0.148 e. The molecule has 78 valence electrons. The van der Waals surface area contributed by atoms with Crippen molar-refractivity contribution in [3.8, 4) is 0 Å². The van der Waals surface area contributed by atoms with E-state index >= 15 is 0 Å². The summed E-state index contributed by atoms with van der Waals surface area (Å²) in [4.78, 5) is 10.2. The lowest BCUT2D eigenvalue weighted by Gasteiger charge is -2.19. The second kappa shape index (κ2) is 5.14. The minimum atomic E-state index is 0.485. The van der Waals surface area contributed by atoms with Gasteiger partial charge < -0.3 is 10.6 Å². The van der Waals surface area contributed by atoms with Crippen LogP contribution in [0, 0.1) is 0 Å². The summed E-state index contributed by atoms with van der Waals surface area (Å²) < 4.78 is 0.776. The molecule has 0 unspecified atom stereocenters. The van der Waals surface area contributed by atoms with Crippen molar-refractivity contribution in [2.24, 2.45) is 0 Å². The molecule has 0 bridgehead atoms. The predicted octanol–water partition coefficient (Wildman–Crippen LogP) is 2.06. The molecule has 4 nitrogen and oxygen atoms in total. The molecular weight excluding hydrogens is 244 g/mol. The third kappa shape index (κ3) is 2.57. The molecule has 1 heterocycles. The SMILES string of the molecule is CCCCN(C)c1ncnc(N)c1Br. The summed E-state index contributed by atoms with van der Waals surface area (Å²) in [6.45, 7) is 3.14. The molecule has 0 aromatic carbocycles. The third-order valence-corrected chi connectivity index (χ3v) is 2.77. The topological polar surface area (TPSA) is 55.0 Å². The van der Waals surface area contributed by atoms with Crippen molar-refractivity contribution in [2.45, 2.75) is 19.8 Å². The summed E-state index contributed by atoms with van der Waals surface area (Å²) in [7, 11) is 2.00. The number of anilines is 2. The van der Waals surface area contributed by atoms with E-state index < -0.39 is 0 Å². The largest absolute Gasteiger partial charge is 0.383 e. The van der Waals surface area contributed by atoms with Crippen molar-refractivity contribution in [1.29, 1.82) is 0 Å². The summed E-state index contributed by atoms with van der Waals surface area (Å²) in [5.74, 6) is 1.34. The number of hydrogen-bond acceptors (Lipinski definition) is 4. The van der Waals surface area contributed by atoms with Crippen LogP contribution < -0.4 is 10.6 Å². The number of hydrogen-bond donors (Lipinski definition) is 1. The van der Waals surface area contributed by atoms with Crippen LogP contribution in [0.4, 0.5) is 11.6 Å². The van der Waals surface area contributed by atoms with E-state index in [0.29, 0.717) is 5.82 Å². The van der Waals surface area contributed by atoms with Crippen molar-refractivity contribution < 1.29 is 0 Å². The second-order valence-corrected chi connectivity index (χ2v) is 3.96. The van der Waals surface area contributed by atoms with Gasteiger partial charge in [-0.1, -0.05) is 13.3 Å². The Morgan fingerprint density at radius 1 is 1.50 bits per heavy atom. The highest BCUT2D eigenvalue weighted by molar-refractivity contribution is 9.10. The molecule has 2 N–H and O–H groups in total. The van der Waals surface area contributed by atoms with Crippen LogP contribution in [0.15, 0.2) is 10.8 Å². The minimum absolute atomic E-state index is 0.485. The van der Waals surface area contributed by atoms with E-state index in [1.54, 1.807) is 0 Å². The van der Waals surface area contributed by atoms with Crippen molar-refractivity contribution in [1.82, 2.24) is 9.97 Å². The van der Waals surface area contributed by atoms with Crippen LogP contribution in [-0.4, -0.2) is 23.6 Å². The first kappa shape index (κ1) is 11.2. The summed E-state index contributed by atoms with van der Waals surface area (Å²) >= 11 is 3.38. The monoisotopic (exact) mass is 258 g/mol. The van der Waals surface area contributed by atoms with Gasteiger partial charge in [0, 0.05) is 13.6 Å². The van der Waals surface area contributed by atoms with Crippen LogP contribution in [0.3, 0.4) is 0 Å².